The van der Waals surface area contributed by atoms with Crippen LogP contribution in [0.15, 0.2) is 48.5 Å². The maximum absolute atomic E-state index is 13.7. The predicted octanol–water partition coefficient (Wildman–Crippen LogP) is 3.14. The number of amides is 2. The van der Waals surface area contributed by atoms with Gasteiger partial charge >= 0.3 is 0 Å². The molecule has 6 aliphatic rings. The number of nitrogens with two attached hydrogens (primary N) is 1. The third-order valence-corrected chi connectivity index (χ3v) is 10.6. The van der Waals surface area contributed by atoms with Crippen molar-refractivity contribution in [1.82, 2.24) is 9.80 Å². The summed E-state index contributed by atoms with van der Waals surface area (Å²) in [6, 6.07) is 16.4. The van der Waals surface area contributed by atoms with Crippen LogP contribution >= 0.6 is 0 Å². The van der Waals surface area contributed by atoms with E-state index in [1.54, 1.807) is 0 Å². The third-order valence-electron chi connectivity index (χ3n) is 10.6. The number of carbonyl (C=O) groups excluding carboxylic acids is 2. The molecule has 186 valence electrons. The van der Waals surface area contributed by atoms with Gasteiger partial charge in [-0.25, -0.2) is 0 Å². The van der Waals surface area contributed by atoms with Gasteiger partial charge in [0.25, 0.3) is 5.91 Å². The van der Waals surface area contributed by atoms with Crippen molar-refractivity contribution in [2.24, 2.45) is 17.6 Å². The summed E-state index contributed by atoms with van der Waals surface area (Å²) in [4.78, 5) is 30.8. The first-order valence-corrected chi connectivity index (χ1v) is 13.7. The van der Waals surface area contributed by atoms with Crippen LogP contribution in [0, 0.1) is 11.8 Å². The molecule has 2 N–H and O–H groups in total. The molecule has 3 heterocycles. The lowest BCUT2D eigenvalue weighted by molar-refractivity contribution is -0.171. The van der Waals surface area contributed by atoms with E-state index in [-0.39, 0.29) is 40.9 Å². The lowest BCUT2D eigenvalue weighted by Gasteiger charge is -2.65. The van der Waals surface area contributed by atoms with E-state index in [2.05, 4.69) is 21.9 Å². The first-order chi connectivity index (χ1) is 17.5. The summed E-state index contributed by atoms with van der Waals surface area (Å²) >= 11 is 0. The fourth-order valence-corrected chi connectivity index (χ4v) is 9.17. The molecule has 3 aliphatic heterocycles. The van der Waals surface area contributed by atoms with Crippen LogP contribution in [0.25, 0.3) is 0 Å². The van der Waals surface area contributed by atoms with Crippen LogP contribution in [0.3, 0.4) is 0 Å². The standard InChI is InChI=1S/C30H33N3O3/c31-27(34)21-9-8-20-15-25-30-11-10-23-26(24(36-30)17-33(23)28(35)19-4-2-1-3-5-19)29(30,22(20)14-21)12-13-32(25)16-18-6-7-18/h1-5,8-9,14,18,23-26H,6-7,10-13,15-17H2,(H2,31,34)/t23?,24-,25-,26?,29+,30-/m1/s1. The number of primary amides is 1. The second kappa shape index (κ2) is 7.20. The van der Waals surface area contributed by atoms with E-state index >= 15 is 0 Å². The highest BCUT2D eigenvalue weighted by atomic mass is 16.5. The number of ether oxygens (including phenoxy) is 1. The largest absolute Gasteiger partial charge is 0.367 e. The molecule has 0 aromatic heterocycles. The average Bonchev–Trinajstić information content (AvgIpc) is 3.58. The van der Waals surface area contributed by atoms with Crippen LogP contribution in [0.1, 0.15) is 63.9 Å². The van der Waals surface area contributed by atoms with Gasteiger partial charge in [-0.3, -0.25) is 14.5 Å². The molecule has 3 saturated heterocycles. The van der Waals surface area contributed by atoms with Gasteiger partial charge in [0.2, 0.25) is 5.91 Å². The van der Waals surface area contributed by atoms with Crippen LogP contribution in [0.2, 0.25) is 0 Å². The van der Waals surface area contributed by atoms with Crippen molar-refractivity contribution >= 4 is 11.8 Å². The molecule has 2 aromatic carbocycles. The summed E-state index contributed by atoms with van der Waals surface area (Å²) < 4.78 is 7.28. The highest BCUT2D eigenvalue weighted by Crippen LogP contribution is 2.69. The molecular formula is C30H33N3O3. The Hall–Kier alpha value is -2.70. The molecule has 36 heavy (non-hydrogen) atoms. The Labute approximate surface area is 211 Å². The summed E-state index contributed by atoms with van der Waals surface area (Å²) in [7, 11) is 0. The molecule has 6 nitrogen and oxygen atoms in total. The van der Waals surface area contributed by atoms with Crippen molar-refractivity contribution in [2.45, 2.75) is 67.7 Å². The maximum atomic E-state index is 13.7. The Morgan fingerprint density at radius 2 is 1.86 bits per heavy atom. The summed E-state index contributed by atoms with van der Waals surface area (Å²) in [6.45, 7) is 2.90. The number of benzene rings is 2. The smallest absolute Gasteiger partial charge is 0.254 e. The minimum atomic E-state index is -0.371. The van der Waals surface area contributed by atoms with Gasteiger partial charge in [-0.1, -0.05) is 24.3 Å². The molecule has 3 aliphatic carbocycles. The van der Waals surface area contributed by atoms with Crippen LogP contribution in [0.5, 0.6) is 0 Å². The highest BCUT2D eigenvalue weighted by Gasteiger charge is 2.78. The minimum absolute atomic E-state index is 0.0386. The van der Waals surface area contributed by atoms with Gasteiger partial charge in [-0.2, -0.15) is 0 Å². The molecule has 2 unspecified atom stereocenters. The van der Waals surface area contributed by atoms with Crippen LogP contribution < -0.4 is 5.73 Å². The van der Waals surface area contributed by atoms with Gasteiger partial charge in [-0.15, -0.1) is 0 Å². The maximum Gasteiger partial charge on any atom is 0.254 e. The Balaban J connectivity index is 1.26. The van der Waals surface area contributed by atoms with Gasteiger partial charge in [0.15, 0.2) is 0 Å². The lowest BCUT2D eigenvalue weighted by atomic mass is 9.46. The quantitative estimate of drug-likeness (QED) is 0.725. The van der Waals surface area contributed by atoms with E-state index in [4.69, 9.17) is 10.5 Å². The molecule has 8 rings (SSSR count). The van der Waals surface area contributed by atoms with Crippen molar-refractivity contribution in [3.63, 3.8) is 0 Å². The van der Waals surface area contributed by atoms with Gasteiger partial charge in [0.05, 0.1) is 11.7 Å². The average molecular weight is 484 g/mol. The molecule has 0 radical (unpaired) electrons. The van der Waals surface area contributed by atoms with Gasteiger partial charge in [-0.05, 0) is 86.4 Å². The van der Waals surface area contributed by atoms with Crippen molar-refractivity contribution in [3.05, 3.63) is 70.8 Å². The fourth-order valence-electron chi connectivity index (χ4n) is 9.17. The molecular weight excluding hydrogens is 450 g/mol. The number of hydrogen-bond acceptors (Lipinski definition) is 4. The number of likely N-dealkylation sites (tertiary alicyclic amines) is 2. The highest BCUT2D eigenvalue weighted by molar-refractivity contribution is 5.95. The van der Waals surface area contributed by atoms with E-state index < -0.39 is 0 Å². The number of piperidine rings is 1. The van der Waals surface area contributed by atoms with Crippen molar-refractivity contribution < 1.29 is 14.3 Å². The zero-order chi connectivity index (χ0) is 24.2. The van der Waals surface area contributed by atoms with Crippen LogP contribution in [0.4, 0.5) is 0 Å². The fraction of sp³-hybridized carbons (Fsp3) is 0.533. The number of rotatable bonds is 4. The lowest BCUT2D eigenvalue weighted by Crippen LogP contribution is -2.74. The summed E-state index contributed by atoms with van der Waals surface area (Å²) in [5.41, 5.74) is 9.33. The molecule has 2 aromatic rings. The Morgan fingerprint density at radius 1 is 1.03 bits per heavy atom. The van der Waals surface area contributed by atoms with E-state index in [9.17, 15) is 9.59 Å². The van der Waals surface area contributed by atoms with E-state index in [0.29, 0.717) is 18.2 Å². The zero-order valence-corrected chi connectivity index (χ0v) is 20.6. The Bertz CT molecular complexity index is 1280. The molecule has 5 fully saturated rings. The SMILES string of the molecule is NC(=O)c1ccc2c(c1)[C@]13CCN(CC4CC4)[C@H](C2)[C@]12CCC1C3[C@@H](CN1C(=O)c1ccccc1)O2. The molecule has 2 saturated carbocycles. The van der Waals surface area contributed by atoms with Crippen molar-refractivity contribution in [1.29, 1.82) is 0 Å². The number of carbonyl (C=O) groups is 2. The van der Waals surface area contributed by atoms with Crippen LogP contribution in [-0.4, -0.2) is 65.0 Å². The summed E-state index contributed by atoms with van der Waals surface area (Å²) in [5, 5.41) is 0. The van der Waals surface area contributed by atoms with Crippen molar-refractivity contribution in [2.75, 3.05) is 19.6 Å². The predicted molar refractivity (Wildman–Crippen MR) is 135 cm³/mol. The normalized spacial score (nSPS) is 37.9. The number of nitrogens with zero attached hydrogens (tertiary/aromatic N) is 2. The monoisotopic (exact) mass is 483 g/mol. The zero-order valence-electron chi connectivity index (χ0n) is 20.6. The Kier molecular flexibility index (Phi) is 4.28. The van der Waals surface area contributed by atoms with Gasteiger partial charge in [0, 0.05) is 47.6 Å². The first-order valence-electron chi connectivity index (χ1n) is 13.7. The van der Waals surface area contributed by atoms with E-state index in [1.165, 1.54) is 30.5 Å². The number of fused-ring (bicyclic) bond motifs is 1. The second-order valence-corrected chi connectivity index (χ2v) is 12.1. The van der Waals surface area contributed by atoms with E-state index in [1.807, 2.05) is 36.4 Å². The molecule has 6 atom stereocenters. The third kappa shape index (κ3) is 2.59. The van der Waals surface area contributed by atoms with E-state index in [0.717, 1.165) is 43.7 Å². The molecule has 0 spiro atoms. The van der Waals surface area contributed by atoms with Gasteiger partial charge < -0.3 is 15.4 Å². The topological polar surface area (TPSA) is 75.9 Å². The second-order valence-electron chi connectivity index (χ2n) is 12.1. The van der Waals surface area contributed by atoms with Crippen LogP contribution in [-0.2, 0) is 16.6 Å². The van der Waals surface area contributed by atoms with Crippen molar-refractivity contribution in [3.8, 4) is 0 Å². The van der Waals surface area contributed by atoms with Gasteiger partial charge in [0.1, 0.15) is 0 Å². The molecule has 6 heteroatoms. The summed E-state index contributed by atoms with van der Waals surface area (Å²) in [5.74, 6) is 0.840. The first kappa shape index (κ1) is 21.4. The molecule has 2 amide bonds. The Morgan fingerprint density at radius 3 is 2.64 bits per heavy atom. The number of hydrogen-bond donors (Lipinski definition) is 1. The molecule has 4 bridgehead atoms. The summed E-state index contributed by atoms with van der Waals surface area (Å²) in [6.07, 6.45) is 6.69. The minimum Gasteiger partial charge on any atom is -0.367 e.